The Morgan fingerprint density at radius 1 is 1.23 bits per heavy atom. The molecule has 0 atom stereocenters. The van der Waals surface area contributed by atoms with E-state index in [4.69, 9.17) is 4.52 Å². The summed E-state index contributed by atoms with van der Waals surface area (Å²) in [6.07, 6.45) is 0.326. The van der Waals surface area contributed by atoms with Crippen molar-refractivity contribution in [2.45, 2.75) is 39.7 Å². The zero-order chi connectivity index (χ0) is 18.7. The molecule has 1 aromatic carbocycles. The maximum atomic E-state index is 12.7. The van der Waals surface area contributed by atoms with Crippen LogP contribution < -0.4 is 0 Å². The van der Waals surface area contributed by atoms with Gasteiger partial charge in [0, 0.05) is 44.6 Å². The van der Waals surface area contributed by atoms with Crippen molar-refractivity contribution >= 4 is 11.8 Å². The first-order valence-corrected chi connectivity index (χ1v) is 9.04. The minimum atomic E-state index is -0.175. The highest BCUT2D eigenvalue weighted by Gasteiger charge is 2.26. The third-order valence-corrected chi connectivity index (χ3v) is 4.81. The third kappa shape index (κ3) is 3.95. The van der Waals surface area contributed by atoms with Crippen LogP contribution in [0.3, 0.4) is 0 Å². The lowest BCUT2D eigenvalue weighted by Gasteiger charge is -2.22. The van der Waals surface area contributed by atoms with Crippen molar-refractivity contribution in [2.24, 2.45) is 0 Å². The molecule has 1 aromatic heterocycles. The van der Waals surface area contributed by atoms with Crippen LogP contribution in [0, 0.1) is 6.92 Å². The maximum absolute atomic E-state index is 12.7. The lowest BCUT2D eigenvalue weighted by Crippen LogP contribution is -2.35. The van der Waals surface area contributed by atoms with Crippen LogP contribution >= 0.6 is 0 Å². The number of aryl methyl sites for hydroxylation is 1. The average Bonchev–Trinajstić information content (AvgIpc) is 3.05. The molecular weight excluding hydrogens is 330 g/mol. The summed E-state index contributed by atoms with van der Waals surface area (Å²) < 4.78 is 5.23. The Bertz CT molecular complexity index is 797. The first kappa shape index (κ1) is 18.2. The van der Waals surface area contributed by atoms with Gasteiger partial charge in [0.25, 0.3) is 5.91 Å². The minimum absolute atomic E-state index is 0.0755. The van der Waals surface area contributed by atoms with E-state index >= 15 is 0 Å². The standard InChI is InChI=1S/C20H25N3O3/c1-14(2)18-12-17(21-26-18)20(25)22-9-8-19(24)23(11-10-22)13-16-7-5-4-6-15(16)3/h4-7,12,14H,8-11,13H2,1-3H3. The molecule has 2 heterocycles. The summed E-state index contributed by atoms with van der Waals surface area (Å²) >= 11 is 0. The van der Waals surface area contributed by atoms with Gasteiger partial charge in [0.2, 0.25) is 5.91 Å². The molecule has 1 aliphatic heterocycles. The Balaban J connectivity index is 1.67. The van der Waals surface area contributed by atoms with Crippen molar-refractivity contribution in [2.75, 3.05) is 19.6 Å². The summed E-state index contributed by atoms with van der Waals surface area (Å²) in [5.41, 5.74) is 2.62. The third-order valence-electron chi connectivity index (χ3n) is 4.81. The molecule has 26 heavy (non-hydrogen) atoms. The van der Waals surface area contributed by atoms with E-state index in [1.54, 1.807) is 11.0 Å². The summed E-state index contributed by atoms with van der Waals surface area (Å²) in [6, 6.07) is 9.76. The first-order chi connectivity index (χ1) is 12.5. The number of amides is 2. The summed E-state index contributed by atoms with van der Waals surface area (Å²) in [6.45, 7) is 8.03. The van der Waals surface area contributed by atoms with Crippen molar-refractivity contribution in [3.05, 3.63) is 52.9 Å². The second-order valence-corrected chi connectivity index (χ2v) is 7.05. The lowest BCUT2D eigenvalue weighted by molar-refractivity contribution is -0.130. The van der Waals surface area contributed by atoms with Crippen LogP contribution in [0.1, 0.15) is 53.6 Å². The second-order valence-electron chi connectivity index (χ2n) is 7.05. The molecule has 0 saturated carbocycles. The van der Waals surface area contributed by atoms with Crippen LogP contribution in [-0.4, -0.2) is 46.4 Å². The highest BCUT2D eigenvalue weighted by Crippen LogP contribution is 2.18. The fourth-order valence-corrected chi connectivity index (χ4v) is 3.05. The number of carbonyl (C=O) groups excluding carboxylic acids is 2. The van der Waals surface area contributed by atoms with Gasteiger partial charge in [-0.05, 0) is 18.1 Å². The van der Waals surface area contributed by atoms with Crippen molar-refractivity contribution < 1.29 is 14.1 Å². The van der Waals surface area contributed by atoms with Gasteiger partial charge in [-0.25, -0.2) is 0 Å². The average molecular weight is 355 g/mol. The minimum Gasteiger partial charge on any atom is -0.360 e. The number of benzene rings is 1. The highest BCUT2D eigenvalue weighted by atomic mass is 16.5. The SMILES string of the molecule is Cc1ccccc1CN1CCN(C(=O)c2cc(C(C)C)on2)CCC1=O. The molecule has 2 aromatic rings. The van der Waals surface area contributed by atoms with Crippen LogP contribution in [0.4, 0.5) is 0 Å². The van der Waals surface area contributed by atoms with Crippen LogP contribution in [0.5, 0.6) is 0 Å². The number of hydrogen-bond acceptors (Lipinski definition) is 4. The fourth-order valence-electron chi connectivity index (χ4n) is 3.05. The molecule has 6 heteroatoms. The molecule has 138 valence electrons. The number of nitrogens with zero attached hydrogens (tertiary/aromatic N) is 3. The largest absolute Gasteiger partial charge is 0.360 e. The molecule has 0 bridgehead atoms. The zero-order valence-electron chi connectivity index (χ0n) is 15.6. The Morgan fingerprint density at radius 3 is 2.69 bits per heavy atom. The Kier molecular flexibility index (Phi) is 5.40. The number of carbonyl (C=O) groups is 2. The normalized spacial score (nSPS) is 15.5. The molecule has 0 aliphatic carbocycles. The second kappa shape index (κ2) is 7.72. The van der Waals surface area contributed by atoms with Crippen LogP contribution in [-0.2, 0) is 11.3 Å². The molecule has 2 amide bonds. The van der Waals surface area contributed by atoms with Crippen molar-refractivity contribution in [1.82, 2.24) is 15.0 Å². The molecule has 6 nitrogen and oxygen atoms in total. The Labute approximate surface area is 153 Å². The number of aromatic nitrogens is 1. The quantitative estimate of drug-likeness (QED) is 0.846. The monoisotopic (exact) mass is 355 g/mol. The molecule has 0 radical (unpaired) electrons. The van der Waals surface area contributed by atoms with E-state index in [-0.39, 0.29) is 17.7 Å². The van der Waals surface area contributed by atoms with Crippen molar-refractivity contribution in [3.63, 3.8) is 0 Å². The predicted molar refractivity (Wildman–Crippen MR) is 97.7 cm³/mol. The van der Waals surface area contributed by atoms with Gasteiger partial charge in [-0.15, -0.1) is 0 Å². The van der Waals surface area contributed by atoms with E-state index in [0.717, 1.165) is 5.56 Å². The van der Waals surface area contributed by atoms with E-state index in [2.05, 4.69) is 5.16 Å². The molecule has 3 rings (SSSR count). The van der Waals surface area contributed by atoms with E-state index in [9.17, 15) is 9.59 Å². The number of hydrogen-bond donors (Lipinski definition) is 0. The van der Waals surface area contributed by atoms with Gasteiger partial charge in [-0.2, -0.15) is 0 Å². The van der Waals surface area contributed by atoms with Gasteiger partial charge in [0.1, 0.15) is 5.76 Å². The molecular formula is C20H25N3O3. The molecule has 1 aliphatic rings. The van der Waals surface area contributed by atoms with E-state index in [1.807, 2.05) is 49.9 Å². The van der Waals surface area contributed by atoms with E-state index in [1.165, 1.54) is 5.56 Å². The van der Waals surface area contributed by atoms with Gasteiger partial charge in [0.15, 0.2) is 5.69 Å². The molecule has 0 spiro atoms. The molecule has 1 fully saturated rings. The predicted octanol–water partition coefficient (Wildman–Crippen LogP) is 2.98. The maximum Gasteiger partial charge on any atom is 0.276 e. The topological polar surface area (TPSA) is 66.7 Å². The van der Waals surface area contributed by atoms with Crippen LogP contribution in [0.15, 0.2) is 34.9 Å². The van der Waals surface area contributed by atoms with Crippen LogP contribution in [0.2, 0.25) is 0 Å². The number of rotatable bonds is 4. The molecule has 0 N–H and O–H groups in total. The first-order valence-electron chi connectivity index (χ1n) is 9.04. The lowest BCUT2D eigenvalue weighted by atomic mass is 10.1. The summed E-state index contributed by atoms with van der Waals surface area (Å²) in [5, 5.41) is 3.90. The van der Waals surface area contributed by atoms with Gasteiger partial charge in [0.05, 0.1) is 0 Å². The highest BCUT2D eigenvalue weighted by molar-refractivity contribution is 5.92. The van der Waals surface area contributed by atoms with Gasteiger partial charge in [-0.3, -0.25) is 9.59 Å². The molecule has 1 saturated heterocycles. The molecule has 0 unspecified atom stereocenters. The van der Waals surface area contributed by atoms with Gasteiger partial charge < -0.3 is 14.3 Å². The van der Waals surface area contributed by atoms with Gasteiger partial charge >= 0.3 is 0 Å². The van der Waals surface area contributed by atoms with Crippen molar-refractivity contribution in [3.8, 4) is 0 Å². The van der Waals surface area contributed by atoms with E-state index in [0.29, 0.717) is 44.1 Å². The van der Waals surface area contributed by atoms with Crippen molar-refractivity contribution in [1.29, 1.82) is 0 Å². The summed E-state index contributed by atoms with van der Waals surface area (Å²) in [4.78, 5) is 28.7. The Morgan fingerprint density at radius 2 is 2.00 bits per heavy atom. The summed E-state index contributed by atoms with van der Waals surface area (Å²) in [7, 11) is 0. The Hall–Kier alpha value is -2.63. The fraction of sp³-hybridized carbons (Fsp3) is 0.450. The van der Waals surface area contributed by atoms with E-state index < -0.39 is 0 Å². The smallest absolute Gasteiger partial charge is 0.276 e. The van der Waals surface area contributed by atoms with Gasteiger partial charge in [-0.1, -0.05) is 43.3 Å². The van der Waals surface area contributed by atoms with Crippen LogP contribution in [0.25, 0.3) is 0 Å². The zero-order valence-corrected chi connectivity index (χ0v) is 15.6. The summed E-state index contributed by atoms with van der Waals surface area (Å²) in [5.74, 6) is 0.776.